The molecule has 2 aromatic carbocycles. The normalized spacial score (nSPS) is 14.1. The number of fused-ring (bicyclic) bond motifs is 5. The molecule has 6 heteroatoms. The maximum absolute atomic E-state index is 13.2. The predicted octanol–water partition coefficient (Wildman–Crippen LogP) is 2.97. The lowest BCUT2D eigenvalue weighted by atomic mass is 9.95. The molecule has 0 amide bonds. The molecule has 6 nitrogen and oxygen atoms in total. The van der Waals surface area contributed by atoms with Gasteiger partial charge < -0.3 is 23.5 Å². The van der Waals surface area contributed by atoms with Gasteiger partial charge in [-0.3, -0.25) is 4.79 Å². The van der Waals surface area contributed by atoms with E-state index in [1.54, 1.807) is 18.8 Å². The lowest BCUT2D eigenvalue weighted by Gasteiger charge is -2.23. The van der Waals surface area contributed by atoms with Gasteiger partial charge >= 0.3 is 0 Å². The van der Waals surface area contributed by atoms with Gasteiger partial charge in [0.1, 0.15) is 0 Å². The summed E-state index contributed by atoms with van der Waals surface area (Å²) in [6.07, 6.45) is 0.761. The molecule has 0 radical (unpaired) electrons. The van der Waals surface area contributed by atoms with Crippen molar-refractivity contribution >= 4 is 10.8 Å². The Bertz CT molecular complexity index is 1120. The summed E-state index contributed by atoms with van der Waals surface area (Å²) in [5.41, 5.74) is 2.98. The standard InChI is InChI=1S/C20H17NO5/c1-23-15-4-3-12-7-14-13-9-17-16(25-10-26-17)8-11(13)5-6-21(14)20(22)18(12)19(15)24-2/h3-4,7-9H,5-6,10H2,1-2H3. The summed E-state index contributed by atoms with van der Waals surface area (Å²) in [5.74, 6) is 2.52. The Balaban J connectivity index is 1.82. The Hall–Kier alpha value is -3.15. The van der Waals surface area contributed by atoms with Crippen molar-refractivity contribution < 1.29 is 18.9 Å². The van der Waals surface area contributed by atoms with Crippen LogP contribution in [0, 0.1) is 0 Å². The molecule has 2 aliphatic rings. The molecule has 0 saturated carbocycles. The highest BCUT2D eigenvalue weighted by atomic mass is 16.7. The van der Waals surface area contributed by atoms with E-state index in [1.807, 2.05) is 30.3 Å². The molecule has 3 aromatic rings. The second-order valence-corrected chi connectivity index (χ2v) is 6.36. The lowest BCUT2D eigenvalue weighted by Crippen LogP contribution is -2.26. The number of hydrogen-bond donors (Lipinski definition) is 0. The topological polar surface area (TPSA) is 58.9 Å². The lowest BCUT2D eigenvalue weighted by molar-refractivity contribution is 0.174. The minimum Gasteiger partial charge on any atom is -0.493 e. The SMILES string of the molecule is COc1ccc2cc3n(c(=O)c2c1OC)CCc1cc2c(cc1-3)OCO2. The molecule has 3 heterocycles. The smallest absolute Gasteiger partial charge is 0.262 e. The van der Waals surface area contributed by atoms with Gasteiger partial charge in [0.05, 0.1) is 25.3 Å². The van der Waals surface area contributed by atoms with Crippen molar-refractivity contribution in [3.63, 3.8) is 0 Å². The zero-order chi connectivity index (χ0) is 17.8. The number of aromatic nitrogens is 1. The highest BCUT2D eigenvalue weighted by molar-refractivity contribution is 5.93. The van der Waals surface area contributed by atoms with Crippen LogP contribution in [0.5, 0.6) is 23.0 Å². The van der Waals surface area contributed by atoms with Crippen LogP contribution in [0.25, 0.3) is 22.0 Å². The van der Waals surface area contributed by atoms with E-state index < -0.39 is 0 Å². The molecule has 0 fully saturated rings. The van der Waals surface area contributed by atoms with Gasteiger partial charge in [-0.05, 0) is 41.6 Å². The van der Waals surface area contributed by atoms with Crippen LogP contribution in [-0.4, -0.2) is 25.6 Å². The van der Waals surface area contributed by atoms with Gasteiger partial charge in [0.25, 0.3) is 5.56 Å². The van der Waals surface area contributed by atoms with Crippen molar-refractivity contribution in [2.75, 3.05) is 21.0 Å². The van der Waals surface area contributed by atoms with Crippen LogP contribution in [0.1, 0.15) is 5.56 Å². The Kier molecular flexibility index (Phi) is 3.16. The number of ether oxygens (including phenoxy) is 4. The number of aryl methyl sites for hydroxylation is 1. The number of methoxy groups -OCH3 is 2. The molecule has 0 unspecified atom stereocenters. The molecule has 26 heavy (non-hydrogen) atoms. The predicted molar refractivity (Wildman–Crippen MR) is 96.6 cm³/mol. The minimum absolute atomic E-state index is 0.0726. The van der Waals surface area contributed by atoms with Crippen molar-refractivity contribution in [3.05, 3.63) is 46.2 Å². The summed E-state index contributed by atoms with van der Waals surface area (Å²) in [6, 6.07) is 9.72. The first-order valence-electron chi connectivity index (χ1n) is 8.42. The Morgan fingerprint density at radius 3 is 2.62 bits per heavy atom. The van der Waals surface area contributed by atoms with E-state index in [1.165, 1.54) is 0 Å². The Labute approximate surface area is 149 Å². The third-order valence-corrected chi connectivity index (χ3v) is 5.10. The molecule has 0 spiro atoms. The van der Waals surface area contributed by atoms with E-state index in [2.05, 4.69) is 0 Å². The molecule has 0 bridgehead atoms. The van der Waals surface area contributed by atoms with Gasteiger partial charge in [0.15, 0.2) is 23.0 Å². The van der Waals surface area contributed by atoms with Crippen molar-refractivity contribution in [1.82, 2.24) is 4.57 Å². The molecular weight excluding hydrogens is 334 g/mol. The molecular formula is C20H17NO5. The number of rotatable bonds is 2. The molecule has 0 N–H and O–H groups in total. The molecule has 0 saturated heterocycles. The molecule has 0 aliphatic carbocycles. The first-order chi connectivity index (χ1) is 12.7. The molecule has 2 aliphatic heterocycles. The number of nitrogens with zero attached hydrogens (tertiary/aromatic N) is 1. The fourth-order valence-corrected chi connectivity index (χ4v) is 3.86. The summed E-state index contributed by atoms with van der Waals surface area (Å²) in [5, 5.41) is 1.37. The van der Waals surface area contributed by atoms with Crippen molar-refractivity contribution in [1.29, 1.82) is 0 Å². The van der Waals surface area contributed by atoms with E-state index in [4.69, 9.17) is 18.9 Å². The van der Waals surface area contributed by atoms with Crippen LogP contribution in [0.3, 0.4) is 0 Å². The maximum Gasteiger partial charge on any atom is 0.262 e. The first-order valence-corrected chi connectivity index (χ1v) is 8.42. The Morgan fingerprint density at radius 1 is 1.04 bits per heavy atom. The van der Waals surface area contributed by atoms with Crippen LogP contribution >= 0.6 is 0 Å². The largest absolute Gasteiger partial charge is 0.493 e. The summed E-state index contributed by atoms with van der Waals surface area (Å²) < 4.78 is 23.6. The zero-order valence-corrected chi connectivity index (χ0v) is 14.5. The quantitative estimate of drug-likeness (QED) is 0.710. The fraction of sp³-hybridized carbons (Fsp3) is 0.250. The van der Waals surface area contributed by atoms with Crippen LogP contribution < -0.4 is 24.5 Å². The number of benzene rings is 2. The van der Waals surface area contributed by atoms with E-state index in [-0.39, 0.29) is 12.4 Å². The number of hydrogen-bond acceptors (Lipinski definition) is 5. The van der Waals surface area contributed by atoms with E-state index in [0.29, 0.717) is 23.4 Å². The van der Waals surface area contributed by atoms with Gasteiger partial charge in [-0.25, -0.2) is 0 Å². The fourth-order valence-electron chi connectivity index (χ4n) is 3.86. The summed E-state index contributed by atoms with van der Waals surface area (Å²) in [6.45, 7) is 0.844. The van der Waals surface area contributed by atoms with Gasteiger partial charge in [-0.1, -0.05) is 6.07 Å². The van der Waals surface area contributed by atoms with Gasteiger partial charge in [-0.2, -0.15) is 0 Å². The molecule has 132 valence electrons. The molecule has 0 atom stereocenters. The third kappa shape index (κ3) is 1.95. The van der Waals surface area contributed by atoms with E-state index >= 15 is 0 Å². The third-order valence-electron chi connectivity index (χ3n) is 5.10. The van der Waals surface area contributed by atoms with Crippen molar-refractivity contribution in [3.8, 4) is 34.3 Å². The Morgan fingerprint density at radius 2 is 1.85 bits per heavy atom. The van der Waals surface area contributed by atoms with E-state index in [9.17, 15) is 4.79 Å². The second-order valence-electron chi connectivity index (χ2n) is 6.36. The minimum atomic E-state index is -0.0726. The van der Waals surface area contributed by atoms with Gasteiger partial charge in [-0.15, -0.1) is 0 Å². The summed E-state index contributed by atoms with van der Waals surface area (Å²) >= 11 is 0. The number of pyridine rings is 1. The van der Waals surface area contributed by atoms with Gasteiger partial charge in [0.2, 0.25) is 6.79 Å². The maximum atomic E-state index is 13.2. The van der Waals surface area contributed by atoms with Crippen LogP contribution in [0.2, 0.25) is 0 Å². The van der Waals surface area contributed by atoms with Crippen LogP contribution in [0.4, 0.5) is 0 Å². The molecule has 5 rings (SSSR count). The summed E-state index contributed by atoms with van der Waals surface area (Å²) in [7, 11) is 3.12. The monoisotopic (exact) mass is 351 g/mol. The summed E-state index contributed by atoms with van der Waals surface area (Å²) in [4.78, 5) is 13.2. The first kappa shape index (κ1) is 15.1. The highest BCUT2D eigenvalue weighted by Gasteiger charge is 2.25. The second kappa shape index (κ2) is 5.42. The average molecular weight is 351 g/mol. The molecule has 1 aromatic heterocycles. The zero-order valence-electron chi connectivity index (χ0n) is 14.5. The van der Waals surface area contributed by atoms with Gasteiger partial charge in [0, 0.05) is 12.1 Å². The van der Waals surface area contributed by atoms with Crippen molar-refractivity contribution in [2.24, 2.45) is 0 Å². The van der Waals surface area contributed by atoms with Crippen LogP contribution in [0.15, 0.2) is 35.1 Å². The highest BCUT2D eigenvalue weighted by Crippen LogP contribution is 2.42. The van der Waals surface area contributed by atoms with Crippen molar-refractivity contribution in [2.45, 2.75) is 13.0 Å². The van der Waals surface area contributed by atoms with E-state index in [0.717, 1.165) is 40.1 Å². The van der Waals surface area contributed by atoms with Crippen LogP contribution in [-0.2, 0) is 13.0 Å². The average Bonchev–Trinajstić information content (AvgIpc) is 3.12.